The van der Waals surface area contributed by atoms with Gasteiger partial charge < -0.3 is 15.1 Å². The van der Waals surface area contributed by atoms with Crippen LogP contribution in [0.3, 0.4) is 0 Å². The van der Waals surface area contributed by atoms with Crippen LogP contribution in [0.1, 0.15) is 18.1 Å². The molecule has 5 rings (SSSR count). The normalized spacial score (nSPS) is 23.5. The van der Waals surface area contributed by atoms with Crippen molar-refractivity contribution in [3.05, 3.63) is 47.3 Å². The molecule has 2 aromatic rings. The Labute approximate surface area is 165 Å². The van der Waals surface area contributed by atoms with Gasteiger partial charge in [-0.1, -0.05) is 12.1 Å². The van der Waals surface area contributed by atoms with Crippen molar-refractivity contribution < 1.29 is 9.18 Å². The average molecular weight is 379 g/mol. The van der Waals surface area contributed by atoms with Crippen LogP contribution in [-0.4, -0.2) is 38.6 Å². The van der Waals surface area contributed by atoms with Crippen LogP contribution < -0.4 is 15.1 Å². The van der Waals surface area contributed by atoms with Gasteiger partial charge in [-0.05, 0) is 60.6 Å². The van der Waals surface area contributed by atoms with Gasteiger partial charge >= 0.3 is 0 Å². The molecule has 28 heavy (non-hydrogen) atoms. The smallest absolute Gasteiger partial charge is 0.231 e. The molecule has 2 aromatic carbocycles. The summed E-state index contributed by atoms with van der Waals surface area (Å²) in [7, 11) is 0. The zero-order valence-electron chi connectivity index (χ0n) is 16.5. The number of rotatable bonds is 3. The first-order valence-corrected chi connectivity index (χ1v) is 10.2. The number of hydrogen-bond acceptors (Lipinski definition) is 3. The van der Waals surface area contributed by atoms with E-state index < -0.39 is 0 Å². The van der Waals surface area contributed by atoms with E-state index in [0.717, 1.165) is 54.1 Å². The highest BCUT2D eigenvalue weighted by Crippen LogP contribution is 2.46. The van der Waals surface area contributed by atoms with Crippen LogP contribution in [0.4, 0.5) is 15.8 Å². The fourth-order valence-electron chi connectivity index (χ4n) is 5.37. The lowest BCUT2D eigenvalue weighted by Crippen LogP contribution is -2.27. The molecule has 1 amide bonds. The summed E-state index contributed by atoms with van der Waals surface area (Å²) in [5.41, 5.74) is 6.66. The Balaban J connectivity index is 1.67. The van der Waals surface area contributed by atoms with Crippen molar-refractivity contribution in [1.29, 1.82) is 0 Å². The number of fused-ring (bicyclic) bond motifs is 2. The van der Waals surface area contributed by atoms with Crippen molar-refractivity contribution in [1.82, 2.24) is 5.32 Å². The maximum absolute atomic E-state index is 13.6. The zero-order chi connectivity index (χ0) is 19.4. The van der Waals surface area contributed by atoms with E-state index in [0.29, 0.717) is 24.8 Å². The molecule has 0 radical (unpaired) electrons. The Kier molecular flexibility index (Phi) is 4.16. The summed E-state index contributed by atoms with van der Waals surface area (Å²) in [4.78, 5) is 16.9. The number of hydrogen-bond donors (Lipinski definition) is 1. The highest BCUT2D eigenvalue weighted by molar-refractivity contribution is 6.05. The molecule has 5 heteroatoms. The van der Waals surface area contributed by atoms with E-state index in [1.54, 1.807) is 0 Å². The van der Waals surface area contributed by atoms with Crippen LogP contribution in [0.5, 0.6) is 0 Å². The number of benzene rings is 2. The summed E-state index contributed by atoms with van der Waals surface area (Å²) in [5.74, 6) is 1.31. The van der Waals surface area contributed by atoms with Gasteiger partial charge in [-0.3, -0.25) is 4.79 Å². The van der Waals surface area contributed by atoms with Gasteiger partial charge in [0.25, 0.3) is 0 Å². The van der Waals surface area contributed by atoms with Crippen LogP contribution in [0.25, 0.3) is 11.1 Å². The molecule has 0 saturated carbocycles. The summed E-state index contributed by atoms with van der Waals surface area (Å²) in [6.45, 7) is 9.05. The van der Waals surface area contributed by atoms with Crippen molar-refractivity contribution in [3.8, 4) is 11.1 Å². The van der Waals surface area contributed by atoms with Crippen molar-refractivity contribution in [2.24, 2.45) is 11.8 Å². The van der Waals surface area contributed by atoms with Crippen LogP contribution >= 0.6 is 0 Å². The van der Waals surface area contributed by atoms with E-state index in [9.17, 15) is 9.18 Å². The Morgan fingerprint density at radius 1 is 1.14 bits per heavy atom. The molecular formula is C23H26FN3O. The van der Waals surface area contributed by atoms with E-state index >= 15 is 0 Å². The molecule has 0 aliphatic carbocycles. The Bertz CT molecular complexity index is 928. The van der Waals surface area contributed by atoms with Gasteiger partial charge in [-0.15, -0.1) is 0 Å². The second-order valence-corrected chi connectivity index (χ2v) is 8.31. The van der Waals surface area contributed by atoms with Gasteiger partial charge in [0.1, 0.15) is 5.82 Å². The third-order valence-electron chi connectivity index (χ3n) is 6.69. The standard InChI is InChI=1S/C23H26FN3O/c1-3-27-21(28)9-16-8-20(26-12-17-10-25-11-18(17)13-26)22(14(2)23(16)27)15-4-6-19(24)7-5-15/h4-8,17-18,25H,3,9-13H2,1-2H3/t17-,18-/m1/s1. The van der Waals surface area contributed by atoms with Crippen molar-refractivity contribution in [2.45, 2.75) is 20.3 Å². The summed E-state index contributed by atoms with van der Waals surface area (Å²) < 4.78 is 13.6. The molecule has 3 aliphatic rings. The number of halogens is 1. The van der Waals surface area contributed by atoms with Gasteiger partial charge in [0, 0.05) is 44.0 Å². The lowest BCUT2D eigenvalue weighted by Gasteiger charge is -2.28. The molecule has 1 N–H and O–H groups in total. The molecule has 3 heterocycles. The van der Waals surface area contributed by atoms with Gasteiger partial charge in [-0.2, -0.15) is 0 Å². The van der Waals surface area contributed by atoms with Crippen molar-refractivity contribution in [3.63, 3.8) is 0 Å². The Morgan fingerprint density at radius 2 is 1.82 bits per heavy atom. The highest BCUT2D eigenvalue weighted by Gasteiger charge is 2.38. The van der Waals surface area contributed by atoms with Gasteiger partial charge in [0.15, 0.2) is 0 Å². The molecule has 3 aliphatic heterocycles. The predicted molar refractivity (Wildman–Crippen MR) is 110 cm³/mol. The number of likely N-dealkylation sites (N-methyl/N-ethyl adjacent to an activating group) is 1. The van der Waals surface area contributed by atoms with E-state index in [1.807, 2.05) is 24.0 Å². The first kappa shape index (κ1) is 17.7. The number of anilines is 2. The second kappa shape index (κ2) is 6.59. The third-order valence-corrected chi connectivity index (χ3v) is 6.69. The lowest BCUT2D eigenvalue weighted by molar-refractivity contribution is -0.117. The highest BCUT2D eigenvalue weighted by atomic mass is 19.1. The molecule has 0 bridgehead atoms. The molecule has 0 unspecified atom stereocenters. The van der Waals surface area contributed by atoms with Gasteiger partial charge in [-0.25, -0.2) is 4.39 Å². The van der Waals surface area contributed by atoms with Crippen LogP contribution in [0.15, 0.2) is 30.3 Å². The molecule has 2 atom stereocenters. The zero-order valence-corrected chi connectivity index (χ0v) is 16.5. The monoisotopic (exact) mass is 379 g/mol. The van der Waals surface area contributed by atoms with Crippen molar-refractivity contribution >= 4 is 17.3 Å². The third kappa shape index (κ3) is 2.64. The SMILES string of the molecule is CCN1C(=O)Cc2cc(N3C[C@H]4CNC[C@@H]4C3)c(-c3ccc(F)cc3)c(C)c21. The molecule has 2 fully saturated rings. The average Bonchev–Trinajstić information content (AvgIpc) is 3.35. The molecule has 4 nitrogen and oxygen atoms in total. The number of carbonyl (C=O) groups is 1. The fraction of sp³-hybridized carbons (Fsp3) is 0.435. The molecule has 146 valence electrons. The maximum atomic E-state index is 13.6. The first-order valence-electron chi connectivity index (χ1n) is 10.2. The number of nitrogens with zero attached hydrogens (tertiary/aromatic N) is 2. The van der Waals surface area contributed by atoms with Crippen molar-refractivity contribution in [2.75, 3.05) is 42.5 Å². The molecule has 2 saturated heterocycles. The van der Waals surface area contributed by atoms with Crippen LogP contribution in [-0.2, 0) is 11.2 Å². The quantitative estimate of drug-likeness (QED) is 0.888. The number of amides is 1. The maximum Gasteiger partial charge on any atom is 0.231 e. The molecule has 0 spiro atoms. The van der Waals surface area contributed by atoms with Crippen LogP contribution in [0, 0.1) is 24.6 Å². The Morgan fingerprint density at radius 3 is 2.46 bits per heavy atom. The van der Waals surface area contributed by atoms with E-state index in [1.165, 1.54) is 17.8 Å². The summed E-state index contributed by atoms with van der Waals surface area (Å²) in [6.07, 6.45) is 0.475. The van der Waals surface area contributed by atoms with Gasteiger partial charge in [0.05, 0.1) is 12.1 Å². The minimum absolute atomic E-state index is 0.172. The minimum Gasteiger partial charge on any atom is -0.370 e. The summed E-state index contributed by atoms with van der Waals surface area (Å²) in [6, 6.07) is 9.00. The van der Waals surface area contributed by atoms with E-state index in [4.69, 9.17) is 0 Å². The minimum atomic E-state index is -0.226. The summed E-state index contributed by atoms with van der Waals surface area (Å²) >= 11 is 0. The molecule has 0 aromatic heterocycles. The topological polar surface area (TPSA) is 35.6 Å². The van der Waals surface area contributed by atoms with E-state index in [2.05, 4.69) is 23.2 Å². The van der Waals surface area contributed by atoms with E-state index in [-0.39, 0.29) is 11.7 Å². The predicted octanol–water partition coefficient (Wildman–Crippen LogP) is 3.37. The second-order valence-electron chi connectivity index (χ2n) is 8.31. The Hall–Kier alpha value is -2.40. The fourth-order valence-corrected chi connectivity index (χ4v) is 5.37. The number of nitrogens with one attached hydrogen (secondary N) is 1. The van der Waals surface area contributed by atoms with Crippen LogP contribution in [0.2, 0.25) is 0 Å². The summed E-state index contributed by atoms with van der Waals surface area (Å²) in [5, 5.41) is 3.50. The largest absolute Gasteiger partial charge is 0.370 e. The first-order chi connectivity index (χ1) is 13.6. The number of carbonyl (C=O) groups excluding carboxylic acids is 1. The van der Waals surface area contributed by atoms with Gasteiger partial charge in [0.2, 0.25) is 5.91 Å². The molecular weight excluding hydrogens is 353 g/mol. The lowest BCUT2D eigenvalue weighted by atomic mass is 9.93.